The molecule has 0 radical (unpaired) electrons. The molecule has 10 rings (SSSR count). The van der Waals surface area contributed by atoms with Crippen LogP contribution in [-0.4, -0.2) is 15.0 Å². The normalized spacial score (nSPS) is 11.5. The van der Waals surface area contributed by atoms with E-state index in [1.807, 2.05) is 60.7 Å². The van der Waals surface area contributed by atoms with Gasteiger partial charge in [-0.3, -0.25) is 0 Å². The Morgan fingerprint density at radius 3 is 1.57 bits per heavy atom. The highest BCUT2D eigenvalue weighted by Gasteiger charge is 2.18. The Morgan fingerprint density at radius 1 is 0.314 bits per heavy atom. The van der Waals surface area contributed by atoms with Crippen LogP contribution in [0.25, 0.3) is 99.9 Å². The minimum absolute atomic E-state index is 0.604. The molecule has 4 nitrogen and oxygen atoms in total. The molecule has 0 aliphatic rings. The molecule has 0 bridgehead atoms. The number of rotatable bonds is 5. The van der Waals surface area contributed by atoms with Crippen molar-refractivity contribution in [2.45, 2.75) is 0 Å². The second-order valence-corrected chi connectivity index (χ2v) is 12.8. The zero-order valence-corrected chi connectivity index (χ0v) is 27.5. The number of hydrogen-bond donors (Lipinski definition) is 0. The topological polar surface area (TPSA) is 51.8 Å². The molecule has 10 aromatic rings. The van der Waals surface area contributed by atoms with Crippen LogP contribution in [0.1, 0.15) is 0 Å². The average molecular weight is 652 g/mol. The van der Waals surface area contributed by atoms with Crippen LogP contribution in [0, 0.1) is 0 Å². The first-order valence-electron chi connectivity index (χ1n) is 17.1. The van der Waals surface area contributed by atoms with E-state index in [2.05, 4.69) is 115 Å². The Balaban J connectivity index is 1.13. The van der Waals surface area contributed by atoms with Crippen LogP contribution in [0.4, 0.5) is 0 Å². The summed E-state index contributed by atoms with van der Waals surface area (Å²) in [5.74, 6) is 1.84. The summed E-state index contributed by atoms with van der Waals surface area (Å²) in [6.45, 7) is 0. The van der Waals surface area contributed by atoms with E-state index in [0.717, 1.165) is 49.8 Å². The minimum Gasteiger partial charge on any atom is -0.456 e. The van der Waals surface area contributed by atoms with Crippen LogP contribution in [-0.2, 0) is 0 Å². The van der Waals surface area contributed by atoms with Gasteiger partial charge in [-0.05, 0) is 74.1 Å². The summed E-state index contributed by atoms with van der Waals surface area (Å²) in [6, 6.07) is 61.2. The van der Waals surface area contributed by atoms with Crippen molar-refractivity contribution in [2.24, 2.45) is 0 Å². The largest absolute Gasteiger partial charge is 0.456 e. The molecule has 0 aliphatic heterocycles. The Morgan fingerprint density at radius 2 is 0.824 bits per heavy atom. The first kappa shape index (κ1) is 29.0. The lowest BCUT2D eigenvalue weighted by atomic mass is 9.94. The summed E-state index contributed by atoms with van der Waals surface area (Å²) in [4.78, 5) is 15.2. The zero-order valence-electron chi connectivity index (χ0n) is 27.5. The van der Waals surface area contributed by atoms with Crippen LogP contribution < -0.4 is 0 Å². The number of para-hydroxylation sites is 1. The molecule has 2 aromatic heterocycles. The first-order chi connectivity index (χ1) is 25.2. The van der Waals surface area contributed by atoms with Gasteiger partial charge in [0.05, 0.1) is 0 Å². The van der Waals surface area contributed by atoms with E-state index >= 15 is 0 Å². The molecule has 2 heterocycles. The Bertz CT molecular complexity index is 2910. The molecular formula is C47H29N3O. The molecule has 0 amide bonds. The van der Waals surface area contributed by atoms with Gasteiger partial charge in [0, 0.05) is 27.5 Å². The summed E-state index contributed by atoms with van der Waals surface area (Å²) >= 11 is 0. The number of nitrogens with zero attached hydrogens (tertiary/aromatic N) is 3. The van der Waals surface area contributed by atoms with E-state index in [1.165, 1.54) is 32.7 Å². The fourth-order valence-electron chi connectivity index (χ4n) is 7.18. The van der Waals surface area contributed by atoms with Gasteiger partial charge in [0.2, 0.25) is 0 Å². The van der Waals surface area contributed by atoms with Crippen molar-refractivity contribution < 1.29 is 4.42 Å². The van der Waals surface area contributed by atoms with Crippen LogP contribution >= 0.6 is 0 Å². The van der Waals surface area contributed by atoms with Gasteiger partial charge in [-0.2, -0.15) is 0 Å². The third-order valence-electron chi connectivity index (χ3n) is 9.71. The van der Waals surface area contributed by atoms with Crippen molar-refractivity contribution in [1.29, 1.82) is 0 Å². The van der Waals surface area contributed by atoms with Crippen LogP contribution in [0.5, 0.6) is 0 Å². The van der Waals surface area contributed by atoms with E-state index in [1.54, 1.807) is 0 Å². The predicted octanol–water partition coefficient (Wildman–Crippen LogP) is 12.4. The van der Waals surface area contributed by atoms with Gasteiger partial charge in [0.15, 0.2) is 17.5 Å². The summed E-state index contributed by atoms with van der Waals surface area (Å²) in [5, 5.41) is 6.93. The van der Waals surface area contributed by atoms with E-state index in [0.29, 0.717) is 17.5 Å². The number of benzene rings is 8. The monoisotopic (exact) mass is 651 g/mol. The summed E-state index contributed by atoms with van der Waals surface area (Å²) < 4.78 is 6.22. The van der Waals surface area contributed by atoms with Gasteiger partial charge >= 0.3 is 0 Å². The molecule has 0 aliphatic carbocycles. The lowest BCUT2D eigenvalue weighted by Gasteiger charge is -2.11. The third kappa shape index (κ3) is 5.13. The molecule has 0 saturated heterocycles. The molecule has 238 valence electrons. The second kappa shape index (κ2) is 11.9. The molecule has 4 heteroatoms. The maximum absolute atomic E-state index is 6.22. The standard InChI is InChI=1S/C47H29N3O/c1-3-11-30(12-4-1)35-25-23-31-21-22-32-24-26-36(29-41(32)40(31)28-35)34-15-9-16-37(27-34)46-48-45(33-13-5-2-6-14-33)49-47(50-46)39-18-10-20-43-44(39)38-17-7-8-19-42(38)51-43/h1-29H. The second-order valence-electron chi connectivity index (χ2n) is 12.8. The van der Waals surface area contributed by atoms with Crippen molar-refractivity contribution >= 4 is 43.5 Å². The molecule has 0 atom stereocenters. The van der Waals surface area contributed by atoms with Crippen LogP contribution in [0.15, 0.2) is 180 Å². The lowest BCUT2D eigenvalue weighted by Crippen LogP contribution is -2.00. The van der Waals surface area contributed by atoms with Gasteiger partial charge < -0.3 is 4.42 Å². The van der Waals surface area contributed by atoms with E-state index in [4.69, 9.17) is 19.4 Å². The van der Waals surface area contributed by atoms with E-state index in [-0.39, 0.29) is 0 Å². The summed E-state index contributed by atoms with van der Waals surface area (Å²) in [6.07, 6.45) is 0. The zero-order chi connectivity index (χ0) is 33.7. The van der Waals surface area contributed by atoms with Gasteiger partial charge in [-0.25, -0.2) is 15.0 Å². The van der Waals surface area contributed by atoms with Gasteiger partial charge in [-0.1, -0.05) is 146 Å². The third-order valence-corrected chi connectivity index (χ3v) is 9.71. The van der Waals surface area contributed by atoms with Crippen molar-refractivity contribution in [3.8, 4) is 56.4 Å². The Hall–Kier alpha value is -6.91. The highest BCUT2D eigenvalue weighted by atomic mass is 16.3. The van der Waals surface area contributed by atoms with Crippen molar-refractivity contribution in [3.63, 3.8) is 0 Å². The molecule has 51 heavy (non-hydrogen) atoms. The van der Waals surface area contributed by atoms with Gasteiger partial charge in [0.25, 0.3) is 0 Å². The number of fused-ring (bicyclic) bond motifs is 6. The predicted molar refractivity (Wildman–Crippen MR) is 209 cm³/mol. The fourth-order valence-corrected chi connectivity index (χ4v) is 7.18. The number of hydrogen-bond acceptors (Lipinski definition) is 4. The molecule has 8 aromatic carbocycles. The van der Waals surface area contributed by atoms with E-state index < -0.39 is 0 Å². The maximum atomic E-state index is 6.22. The van der Waals surface area contributed by atoms with Crippen molar-refractivity contribution in [3.05, 3.63) is 176 Å². The van der Waals surface area contributed by atoms with Crippen molar-refractivity contribution in [2.75, 3.05) is 0 Å². The Labute approximate surface area is 294 Å². The quantitative estimate of drug-likeness (QED) is 0.174. The van der Waals surface area contributed by atoms with Gasteiger partial charge in [0.1, 0.15) is 11.2 Å². The number of furan rings is 1. The molecule has 0 fully saturated rings. The molecule has 0 spiro atoms. The SMILES string of the molecule is c1ccc(-c2ccc3ccc4ccc(-c5cccc(-c6nc(-c7ccccc7)nc(-c7cccc8oc9ccccc9c78)n6)c5)cc4c3c2)cc1. The smallest absolute Gasteiger partial charge is 0.164 e. The first-order valence-corrected chi connectivity index (χ1v) is 17.1. The molecule has 0 saturated carbocycles. The van der Waals surface area contributed by atoms with Gasteiger partial charge in [-0.15, -0.1) is 0 Å². The average Bonchev–Trinajstić information content (AvgIpc) is 3.60. The lowest BCUT2D eigenvalue weighted by molar-refractivity contribution is 0.669. The summed E-state index contributed by atoms with van der Waals surface area (Å²) in [5.41, 5.74) is 9.05. The molecule has 0 N–H and O–H groups in total. The van der Waals surface area contributed by atoms with Crippen LogP contribution in [0.2, 0.25) is 0 Å². The van der Waals surface area contributed by atoms with Crippen LogP contribution in [0.3, 0.4) is 0 Å². The number of aromatic nitrogens is 3. The van der Waals surface area contributed by atoms with E-state index in [9.17, 15) is 0 Å². The Kier molecular flexibility index (Phi) is 6.78. The molecular weight excluding hydrogens is 623 g/mol. The fraction of sp³-hybridized carbons (Fsp3) is 0. The highest BCUT2D eigenvalue weighted by Crippen LogP contribution is 2.37. The van der Waals surface area contributed by atoms with Crippen molar-refractivity contribution in [1.82, 2.24) is 15.0 Å². The summed E-state index contributed by atoms with van der Waals surface area (Å²) in [7, 11) is 0. The highest BCUT2D eigenvalue weighted by molar-refractivity contribution is 6.12. The molecule has 0 unspecified atom stereocenters. The minimum atomic E-state index is 0.604. The maximum Gasteiger partial charge on any atom is 0.164 e.